The highest BCUT2D eigenvalue weighted by molar-refractivity contribution is 7.15. The van der Waals surface area contributed by atoms with Crippen LogP contribution in [0.15, 0.2) is 30.3 Å². The van der Waals surface area contributed by atoms with Crippen molar-refractivity contribution in [3.63, 3.8) is 0 Å². The second-order valence-corrected chi connectivity index (χ2v) is 5.47. The third kappa shape index (κ3) is 3.05. The summed E-state index contributed by atoms with van der Waals surface area (Å²) in [4.78, 5) is 2.57. The Morgan fingerprint density at radius 2 is 2.11 bits per heavy atom. The van der Waals surface area contributed by atoms with Gasteiger partial charge >= 0.3 is 0 Å². The first-order valence-electron chi connectivity index (χ1n) is 5.88. The van der Waals surface area contributed by atoms with Crippen molar-refractivity contribution >= 4 is 22.9 Å². The molecular weight excluding hydrogens is 266 g/mol. The first-order chi connectivity index (χ1) is 8.74. The van der Waals surface area contributed by atoms with E-state index in [1.807, 2.05) is 18.2 Å². The molecular formula is C14H16ClNOS. The predicted octanol–water partition coefficient (Wildman–Crippen LogP) is 4.19. The van der Waals surface area contributed by atoms with Gasteiger partial charge in [-0.3, -0.25) is 0 Å². The summed E-state index contributed by atoms with van der Waals surface area (Å²) in [5.74, 6) is 0.718. The lowest BCUT2D eigenvalue weighted by Crippen LogP contribution is -2.10. The molecule has 0 aliphatic rings. The van der Waals surface area contributed by atoms with Crippen LogP contribution in [0.25, 0.3) is 10.4 Å². The number of benzene rings is 1. The number of ether oxygens (including phenoxy) is 1. The lowest BCUT2D eigenvalue weighted by Gasteiger charge is -2.05. The second kappa shape index (κ2) is 6.23. The molecule has 1 heterocycles. The fourth-order valence-corrected chi connectivity index (χ4v) is 2.86. The van der Waals surface area contributed by atoms with E-state index in [2.05, 4.69) is 24.4 Å². The standard InChI is InChI=1S/C14H16ClNOS/c1-3-16-9-11-5-7-14(18-11)10-4-6-12(15)13(8-10)17-2/h4-8,16H,3,9H2,1-2H3. The molecule has 0 fully saturated rings. The Balaban J connectivity index is 2.23. The van der Waals surface area contributed by atoms with Crippen LogP contribution in [0.3, 0.4) is 0 Å². The quantitative estimate of drug-likeness (QED) is 0.887. The Bertz CT molecular complexity index is 524. The van der Waals surface area contributed by atoms with Gasteiger partial charge in [0.1, 0.15) is 5.75 Å². The van der Waals surface area contributed by atoms with Gasteiger partial charge in [0.2, 0.25) is 0 Å². The molecule has 2 rings (SSSR count). The molecule has 0 aliphatic heterocycles. The van der Waals surface area contributed by atoms with Gasteiger partial charge in [0.15, 0.2) is 0 Å². The SMILES string of the molecule is CCNCc1ccc(-c2ccc(Cl)c(OC)c2)s1. The zero-order chi connectivity index (χ0) is 13.0. The van der Waals surface area contributed by atoms with Gasteiger partial charge in [-0.2, -0.15) is 0 Å². The molecule has 2 nitrogen and oxygen atoms in total. The van der Waals surface area contributed by atoms with Crippen LogP contribution in [0.2, 0.25) is 5.02 Å². The van der Waals surface area contributed by atoms with E-state index in [1.165, 1.54) is 9.75 Å². The third-order valence-electron chi connectivity index (χ3n) is 2.65. The van der Waals surface area contributed by atoms with Crippen LogP contribution in [0.4, 0.5) is 0 Å². The number of thiophene rings is 1. The Kier molecular flexibility index (Phi) is 4.64. The fourth-order valence-electron chi connectivity index (χ4n) is 1.69. The molecule has 1 N–H and O–H groups in total. The van der Waals surface area contributed by atoms with Gasteiger partial charge < -0.3 is 10.1 Å². The molecule has 1 aromatic heterocycles. The predicted molar refractivity (Wildman–Crippen MR) is 78.7 cm³/mol. The molecule has 96 valence electrons. The number of nitrogens with one attached hydrogen (secondary N) is 1. The normalized spacial score (nSPS) is 10.6. The topological polar surface area (TPSA) is 21.3 Å². The summed E-state index contributed by atoms with van der Waals surface area (Å²) < 4.78 is 5.24. The Morgan fingerprint density at radius 3 is 2.83 bits per heavy atom. The van der Waals surface area contributed by atoms with Gasteiger partial charge in [-0.15, -0.1) is 11.3 Å². The first-order valence-corrected chi connectivity index (χ1v) is 7.07. The molecule has 4 heteroatoms. The van der Waals surface area contributed by atoms with E-state index in [9.17, 15) is 0 Å². The summed E-state index contributed by atoms with van der Waals surface area (Å²) >= 11 is 7.82. The molecule has 0 radical (unpaired) electrons. The van der Waals surface area contributed by atoms with E-state index in [0.717, 1.165) is 24.4 Å². The van der Waals surface area contributed by atoms with Crippen molar-refractivity contribution in [2.24, 2.45) is 0 Å². The van der Waals surface area contributed by atoms with E-state index in [-0.39, 0.29) is 0 Å². The van der Waals surface area contributed by atoms with Crippen LogP contribution in [-0.2, 0) is 6.54 Å². The van der Waals surface area contributed by atoms with Crippen LogP contribution in [-0.4, -0.2) is 13.7 Å². The largest absolute Gasteiger partial charge is 0.495 e. The summed E-state index contributed by atoms with van der Waals surface area (Å²) in [6.45, 7) is 4.02. The van der Waals surface area contributed by atoms with Crippen molar-refractivity contribution in [3.8, 4) is 16.2 Å². The van der Waals surface area contributed by atoms with Crippen LogP contribution in [0.1, 0.15) is 11.8 Å². The van der Waals surface area contributed by atoms with Gasteiger partial charge in [-0.25, -0.2) is 0 Å². The Morgan fingerprint density at radius 1 is 1.28 bits per heavy atom. The molecule has 0 amide bonds. The van der Waals surface area contributed by atoms with Crippen molar-refractivity contribution in [3.05, 3.63) is 40.2 Å². The van der Waals surface area contributed by atoms with Gasteiger partial charge in [0.25, 0.3) is 0 Å². The molecule has 2 aromatic rings. The average molecular weight is 282 g/mol. The smallest absolute Gasteiger partial charge is 0.138 e. The van der Waals surface area contributed by atoms with Crippen molar-refractivity contribution < 1.29 is 4.74 Å². The Labute approximate surface area is 117 Å². The monoisotopic (exact) mass is 281 g/mol. The molecule has 1 aromatic carbocycles. The van der Waals surface area contributed by atoms with Gasteiger partial charge in [0, 0.05) is 16.3 Å². The zero-order valence-electron chi connectivity index (χ0n) is 10.5. The molecule has 0 bridgehead atoms. The Hall–Kier alpha value is -1.03. The van der Waals surface area contributed by atoms with Crippen molar-refractivity contribution in [2.45, 2.75) is 13.5 Å². The maximum atomic E-state index is 6.03. The van der Waals surface area contributed by atoms with Crippen LogP contribution in [0, 0.1) is 0 Å². The molecule has 0 spiro atoms. The molecule has 0 aliphatic carbocycles. The number of halogens is 1. The van der Waals surface area contributed by atoms with E-state index in [1.54, 1.807) is 18.4 Å². The number of rotatable bonds is 5. The van der Waals surface area contributed by atoms with E-state index >= 15 is 0 Å². The fraction of sp³-hybridized carbons (Fsp3) is 0.286. The van der Waals surface area contributed by atoms with Crippen LogP contribution >= 0.6 is 22.9 Å². The van der Waals surface area contributed by atoms with E-state index in [0.29, 0.717) is 5.02 Å². The molecule has 0 saturated heterocycles. The van der Waals surface area contributed by atoms with Crippen molar-refractivity contribution in [1.82, 2.24) is 5.32 Å². The summed E-state index contributed by atoms with van der Waals surface area (Å²) in [6.07, 6.45) is 0. The third-order valence-corrected chi connectivity index (χ3v) is 4.09. The van der Waals surface area contributed by atoms with Crippen molar-refractivity contribution in [1.29, 1.82) is 0 Å². The summed E-state index contributed by atoms with van der Waals surface area (Å²) in [6, 6.07) is 10.2. The first kappa shape index (κ1) is 13.4. The highest BCUT2D eigenvalue weighted by Gasteiger charge is 2.06. The van der Waals surface area contributed by atoms with Crippen LogP contribution in [0.5, 0.6) is 5.75 Å². The number of methoxy groups -OCH3 is 1. The number of hydrogen-bond acceptors (Lipinski definition) is 3. The minimum atomic E-state index is 0.644. The summed E-state index contributed by atoms with van der Waals surface area (Å²) in [5, 5.41) is 3.97. The molecule has 0 atom stereocenters. The maximum Gasteiger partial charge on any atom is 0.138 e. The summed E-state index contributed by atoms with van der Waals surface area (Å²) in [5.41, 5.74) is 1.14. The van der Waals surface area contributed by atoms with E-state index in [4.69, 9.17) is 16.3 Å². The highest BCUT2D eigenvalue weighted by atomic mass is 35.5. The lowest BCUT2D eigenvalue weighted by atomic mass is 10.2. The maximum absolute atomic E-state index is 6.03. The summed E-state index contributed by atoms with van der Waals surface area (Å²) in [7, 11) is 1.63. The van der Waals surface area contributed by atoms with Crippen LogP contribution < -0.4 is 10.1 Å². The number of hydrogen-bond donors (Lipinski definition) is 1. The molecule has 18 heavy (non-hydrogen) atoms. The molecule has 0 unspecified atom stereocenters. The minimum absolute atomic E-state index is 0.644. The van der Waals surface area contributed by atoms with Gasteiger partial charge in [0.05, 0.1) is 12.1 Å². The second-order valence-electron chi connectivity index (χ2n) is 3.90. The van der Waals surface area contributed by atoms with Gasteiger partial charge in [-0.1, -0.05) is 24.6 Å². The highest BCUT2D eigenvalue weighted by Crippen LogP contribution is 2.33. The minimum Gasteiger partial charge on any atom is -0.495 e. The lowest BCUT2D eigenvalue weighted by molar-refractivity contribution is 0.415. The molecule has 0 saturated carbocycles. The van der Waals surface area contributed by atoms with Crippen molar-refractivity contribution in [2.75, 3.05) is 13.7 Å². The van der Waals surface area contributed by atoms with Gasteiger partial charge in [-0.05, 0) is 36.4 Å². The zero-order valence-corrected chi connectivity index (χ0v) is 12.1. The van der Waals surface area contributed by atoms with E-state index < -0.39 is 0 Å². The average Bonchev–Trinajstić information content (AvgIpc) is 2.85.